The highest BCUT2D eigenvalue weighted by Gasteiger charge is 2.10. The Kier molecular flexibility index (Phi) is 3.92. The van der Waals surface area contributed by atoms with E-state index >= 15 is 0 Å². The molecule has 0 saturated heterocycles. The summed E-state index contributed by atoms with van der Waals surface area (Å²) in [6.45, 7) is 5.22. The molecule has 0 amide bonds. The maximum absolute atomic E-state index is 11.1. The highest BCUT2D eigenvalue weighted by atomic mass is 16.1. The zero-order chi connectivity index (χ0) is 13.0. The number of benzene rings is 1. The van der Waals surface area contributed by atoms with Crippen LogP contribution in [0.15, 0.2) is 36.5 Å². The third-order valence-electron chi connectivity index (χ3n) is 2.90. The minimum absolute atomic E-state index is 0.633. The first-order valence-corrected chi connectivity index (χ1v) is 6.28. The fourth-order valence-corrected chi connectivity index (χ4v) is 1.85. The molecule has 3 nitrogen and oxygen atoms in total. The van der Waals surface area contributed by atoms with E-state index in [4.69, 9.17) is 0 Å². The van der Waals surface area contributed by atoms with Crippen LogP contribution in [0.2, 0.25) is 0 Å². The van der Waals surface area contributed by atoms with Gasteiger partial charge in [-0.15, -0.1) is 0 Å². The SMILES string of the molecule is CC(C)CCn1cc(C=O)c(-c2ccccc2)n1. The van der Waals surface area contributed by atoms with Gasteiger partial charge in [-0.2, -0.15) is 5.10 Å². The van der Waals surface area contributed by atoms with Gasteiger partial charge in [0.05, 0.1) is 5.56 Å². The van der Waals surface area contributed by atoms with Crippen molar-refractivity contribution in [2.75, 3.05) is 0 Å². The average molecular weight is 242 g/mol. The van der Waals surface area contributed by atoms with Crippen molar-refractivity contribution in [3.05, 3.63) is 42.1 Å². The van der Waals surface area contributed by atoms with Crippen molar-refractivity contribution in [3.8, 4) is 11.3 Å². The summed E-state index contributed by atoms with van der Waals surface area (Å²) in [6, 6.07) is 9.82. The molecular formula is C15H18N2O. The Bertz CT molecular complexity index is 515. The van der Waals surface area contributed by atoms with Gasteiger partial charge >= 0.3 is 0 Å². The maximum atomic E-state index is 11.1. The maximum Gasteiger partial charge on any atom is 0.153 e. The summed E-state index contributed by atoms with van der Waals surface area (Å²) in [7, 11) is 0. The molecule has 2 rings (SSSR count). The fourth-order valence-electron chi connectivity index (χ4n) is 1.85. The van der Waals surface area contributed by atoms with Gasteiger partial charge in [-0.1, -0.05) is 44.2 Å². The van der Waals surface area contributed by atoms with Crippen LogP contribution in [0.25, 0.3) is 11.3 Å². The molecule has 0 aliphatic rings. The van der Waals surface area contributed by atoms with Crippen molar-refractivity contribution in [2.45, 2.75) is 26.8 Å². The summed E-state index contributed by atoms with van der Waals surface area (Å²) in [6.07, 6.45) is 3.77. The first-order chi connectivity index (χ1) is 8.70. The van der Waals surface area contributed by atoms with Gasteiger partial charge in [-0.3, -0.25) is 9.48 Å². The molecule has 0 N–H and O–H groups in total. The fraction of sp³-hybridized carbons (Fsp3) is 0.333. The monoisotopic (exact) mass is 242 g/mol. The molecule has 1 heterocycles. The van der Waals surface area contributed by atoms with Gasteiger partial charge in [-0.05, 0) is 12.3 Å². The number of aldehydes is 1. The molecule has 3 heteroatoms. The topological polar surface area (TPSA) is 34.9 Å². The summed E-state index contributed by atoms with van der Waals surface area (Å²) >= 11 is 0. The number of aryl methyl sites for hydroxylation is 1. The van der Waals surface area contributed by atoms with Crippen LogP contribution < -0.4 is 0 Å². The summed E-state index contributed by atoms with van der Waals surface area (Å²) in [5.41, 5.74) is 2.42. The van der Waals surface area contributed by atoms with Gasteiger partial charge in [0.1, 0.15) is 5.69 Å². The predicted molar refractivity (Wildman–Crippen MR) is 72.5 cm³/mol. The normalized spacial score (nSPS) is 10.8. The van der Waals surface area contributed by atoms with E-state index in [2.05, 4.69) is 18.9 Å². The quantitative estimate of drug-likeness (QED) is 0.753. The minimum atomic E-state index is 0.633. The van der Waals surface area contributed by atoms with E-state index in [0.717, 1.165) is 30.5 Å². The molecule has 0 spiro atoms. The Labute approximate surface area is 107 Å². The van der Waals surface area contributed by atoms with Gasteiger partial charge in [0, 0.05) is 18.3 Å². The van der Waals surface area contributed by atoms with Crippen LogP contribution in [-0.4, -0.2) is 16.1 Å². The van der Waals surface area contributed by atoms with E-state index in [1.165, 1.54) is 0 Å². The lowest BCUT2D eigenvalue weighted by Crippen LogP contribution is -2.01. The number of hydrogen-bond acceptors (Lipinski definition) is 2. The number of aromatic nitrogens is 2. The lowest BCUT2D eigenvalue weighted by atomic mass is 10.1. The molecule has 1 aromatic carbocycles. The third kappa shape index (κ3) is 2.86. The summed E-state index contributed by atoms with van der Waals surface area (Å²) in [5, 5.41) is 4.51. The van der Waals surface area contributed by atoms with Crippen molar-refractivity contribution >= 4 is 6.29 Å². The summed E-state index contributed by atoms with van der Waals surface area (Å²) < 4.78 is 1.87. The van der Waals surface area contributed by atoms with Crippen LogP contribution in [0, 0.1) is 5.92 Å². The van der Waals surface area contributed by atoms with Crippen LogP contribution in [-0.2, 0) is 6.54 Å². The Morgan fingerprint density at radius 1 is 1.28 bits per heavy atom. The van der Waals surface area contributed by atoms with E-state index in [0.29, 0.717) is 11.5 Å². The second kappa shape index (κ2) is 5.63. The minimum Gasteiger partial charge on any atom is -0.298 e. The standard InChI is InChI=1S/C15H18N2O/c1-12(2)8-9-17-10-14(11-18)15(16-17)13-6-4-3-5-7-13/h3-7,10-12H,8-9H2,1-2H3. The average Bonchev–Trinajstić information content (AvgIpc) is 2.80. The molecule has 94 valence electrons. The molecule has 0 aliphatic heterocycles. The molecule has 0 saturated carbocycles. The van der Waals surface area contributed by atoms with E-state index in [9.17, 15) is 4.79 Å². The Hall–Kier alpha value is -1.90. The summed E-state index contributed by atoms with van der Waals surface area (Å²) in [4.78, 5) is 11.1. The first kappa shape index (κ1) is 12.6. The molecule has 0 atom stereocenters. The first-order valence-electron chi connectivity index (χ1n) is 6.28. The van der Waals surface area contributed by atoms with E-state index in [-0.39, 0.29) is 0 Å². The molecule has 18 heavy (non-hydrogen) atoms. The van der Waals surface area contributed by atoms with Crippen molar-refractivity contribution in [2.24, 2.45) is 5.92 Å². The van der Waals surface area contributed by atoms with Crippen molar-refractivity contribution in [3.63, 3.8) is 0 Å². The van der Waals surface area contributed by atoms with Crippen molar-refractivity contribution < 1.29 is 4.79 Å². The van der Waals surface area contributed by atoms with Gasteiger partial charge in [0.25, 0.3) is 0 Å². The van der Waals surface area contributed by atoms with E-state index in [1.54, 1.807) is 0 Å². The molecule has 0 aliphatic carbocycles. The van der Waals surface area contributed by atoms with Gasteiger partial charge < -0.3 is 0 Å². The number of hydrogen-bond donors (Lipinski definition) is 0. The van der Waals surface area contributed by atoms with E-state index in [1.807, 2.05) is 41.2 Å². The Morgan fingerprint density at radius 3 is 2.61 bits per heavy atom. The molecule has 0 bridgehead atoms. The molecular weight excluding hydrogens is 224 g/mol. The third-order valence-corrected chi connectivity index (χ3v) is 2.90. The van der Waals surface area contributed by atoms with Crippen LogP contribution in [0.5, 0.6) is 0 Å². The van der Waals surface area contributed by atoms with Gasteiger partial charge in [-0.25, -0.2) is 0 Å². The summed E-state index contributed by atoms with van der Waals surface area (Å²) in [5.74, 6) is 0.633. The zero-order valence-electron chi connectivity index (χ0n) is 10.8. The molecule has 2 aromatic rings. The Balaban J connectivity index is 2.27. The van der Waals surface area contributed by atoms with Gasteiger partial charge in [0.2, 0.25) is 0 Å². The second-order valence-corrected chi connectivity index (χ2v) is 4.86. The molecule has 0 fully saturated rings. The van der Waals surface area contributed by atoms with Crippen LogP contribution in [0.4, 0.5) is 0 Å². The highest BCUT2D eigenvalue weighted by Crippen LogP contribution is 2.20. The lowest BCUT2D eigenvalue weighted by molar-refractivity contribution is 0.112. The Morgan fingerprint density at radius 2 is 2.00 bits per heavy atom. The molecule has 0 unspecified atom stereocenters. The van der Waals surface area contributed by atoms with Crippen molar-refractivity contribution in [1.82, 2.24) is 9.78 Å². The number of rotatable bonds is 5. The van der Waals surface area contributed by atoms with Crippen LogP contribution >= 0.6 is 0 Å². The van der Waals surface area contributed by atoms with Crippen molar-refractivity contribution in [1.29, 1.82) is 0 Å². The number of carbonyl (C=O) groups excluding carboxylic acids is 1. The van der Waals surface area contributed by atoms with Crippen LogP contribution in [0.1, 0.15) is 30.6 Å². The van der Waals surface area contributed by atoms with E-state index < -0.39 is 0 Å². The number of nitrogens with zero attached hydrogens (tertiary/aromatic N) is 2. The lowest BCUT2D eigenvalue weighted by Gasteiger charge is -2.04. The molecule has 1 aromatic heterocycles. The predicted octanol–water partition coefficient (Wildman–Crippen LogP) is 3.41. The van der Waals surface area contributed by atoms with Crippen LogP contribution in [0.3, 0.4) is 0 Å². The zero-order valence-corrected chi connectivity index (χ0v) is 10.8. The highest BCUT2D eigenvalue weighted by molar-refractivity contribution is 5.85. The molecule has 0 radical (unpaired) electrons. The largest absolute Gasteiger partial charge is 0.298 e. The smallest absolute Gasteiger partial charge is 0.153 e. The second-order valence-electron chi connectivity index (χ2n) is 4.86. The van der Waals surface area contributed by atoms with Gasteiger partial charge in [0.15, 0.2) is 6.29 Å². The number of carbonyl (C=O) groups is 1.